The van der Waals surface area contributed by atoms with Gasteiger partial charge in [-0.25, -0.2) is 0 Å². The van der Waals surface area contributed by atoms with Crippen molar-refractivity contribution in [2.45, 2.75) is 46.0 Å². The van der Waals surface area contributed by atoms with E-state index in [4.69, 9.17) is 11.6 Å². The fraction of sp³-hybridized carbons (Fsp3) is 0.538. The minimum Gasteiger partial charge on any atom is -0.508 e. The van der Waals surface area contributed by atoms with Crippen LogP contribution in [-0.4, -0.2) is 5.11 Å². The van der Waals surface area contributed by atoms with Gasteiger partial charge in [-0.05, 0) is 34.6 Å². The van der Waals surface area contributed by atoms with Gasteiger partial charge in [-0.3, -0.25) is 0 Å². The van der Waals surface area contributed by atoms with E-state index in [2.05, 4.69) is 20.8 Å². The largest absolute Gasteiger partial charge is 0.508 e. The molecule has 1 aromatic carbocycles. The Balaban J connectivity index is 3.32. The topological polar surface area (TPSA) is 20.2 Å². The van der Waals surface area contributed by atoms with E-state index >= 15 is 0 Å². The van der Waals surface area contributed by atoms with Gasteiger partial charge in [-0.1, -0.05) is 46.2 Å². The Morgan fingerprint density at radius 3 is 2.13 bits per heavy atom. The van der Waals surface area contributed by atoms with E-state index in [1.807, 2.05) is 19.9 Å². The zero-order valence-electron chi connectivity index (χ0n) is 10.1. The van der Waals surface area contributed by atoms with Crippen LogP contribution in [0.2, 0.25) is 5.02 Å². The van der Waals surface area contributed by atoms with Gasteiger partial charge in [0.1, 0.15) is 5.75 Å². The number of phenols is 1. The predicted octanol–water partition coefficient (Wildman–Crippen LogP) is 4.47. The Labute approximate surface area is 97.1 Å². The molecule has 1 rings (SSSR count). The minimum absolute atomic E-state index is 0.0376. The molecule has 0 unspecified atom stereocenters. The molecule has 0 atom stereocenters. The van der Waals surface area contributed by atoms with Gasteiger partial charge in [-0.2, -0.15) is 0 Å². The first-order chi connectivity index (χ1) is 6.73. The van der Waals surface area contributed by atoms with E-state index in [-0.39, 0.29) is 11.3 Å². The Bertz CT molecular complexity index is 362. The molecule has 0 aliphatic rings. The molecule has 1 aromatic rings. The molecule has 1 nitrogen and oxygen atoms in total. The summed E-state index contributed by atoms with van der Waals surface area (Å²) in [5.41, 5.74) is 1.86. The van der Waals surface area contributed by atoms with Gasteiger partial charge in [0.25, 0.3) is 0 Å². The van der Waals surface area contributed by atoms with Crippen molar-refractivity contribution in [2.75, 3.05) is 0 Å². The van der Waals surface area contributed by atoms with Crippen LogP contribution < -0.4 is 0 Å². The second-order valence-electron chi connectivity index (χ2n) is 5.30. The summed E-state index contributed by atoms with van der Waals surface area (Å²) in [4.78, 5) is 0. The molecule has 0 fully saturated rings. The van der Waals surface area contributed by atoms with Crippen molar-refractivity contribution in [2.24, 2.45) is 0 Å². The fourth-order valence-electron chi connectivity index (χ4n) is 1.61. The van der Waals surface area contributed by atoms with Crippen LogP contribution in [0.3, 0.4) is 0 Å². The molecule has 84 valence electrons. The molecular formula is C13H19ClO. The number of aromatic hydroxyl groups is 1. The van der Waals surface area contributed by atoms with E-state index in [1.54, 1.807) is 6.07 Å². The summed E-state index contributed by atoms with van der Waals surface area (Å²) < 4.78 is 0. The maximum atomic E-state index is 9.89. The minimum atomic E-state index is -0.0376. The number of benzene rings is 1. The SMILES string of the molecule is CC(C)c1cc(Cl)c(C(C)(C)C)cc1O. The average Bonchev–Trinajstić information content (AvgIpc) is 2.06. The number of rotatable bonds is 1. The van der Waals surface area contributed by atoms with Crippen LogP contribution in [0.15, 0.2) is 12.1 Å². The highest BCUT2D eigenvalue weighted by Gasteiger charge is 2.20. The summed E-state index contributed by atoms with van der Waals surface area (Å²) in [7, 11) is 0. The molecule has 0 saturated carbocycles. The molecule has 0 bridgehead atoms. The van der Waals surface area contributed by atoms with Crippen molar-refractivity contribution in [1.82, 2.24) is 0 Å². The van der Waals surface area contributed by atoms with Crippen LogP contribution in [0, 0.1) is 0 Å². The summed E-state index contributed by atoms with van der Waals surface area (Å²) in [6, 6.07) is 3.67. The molecule has 0 spiro atoms. The second-order valence-corrected chi connectivity index (χ2v) is 5.70. The summed E-state index contributed by atoms with van der Waals surface area (Å²) in [6.07, 6.45) is 0. The Kier molecular flexibility index (Phi) is 3.34. The number of hydrogen-bond acceptors (Lipinski definition) is 1. The Morgan fingerprint density at radius 1 is 1.20 bits per heavy atom. The van der Waals surface area contributed by atoms with E-state index in [0.29, 0.717) is 5.75 Å². The number of phenolic OH excluding ortho intramolecular Hbond substituents is 1. The van der Waals surface area contributed by atoms with Crippen molar-refractivity contribution >= 4 is 11.6 Å². The van der Waals surface area contributed by atoms with Crippen molar-refractivity contribution in [3.05, 3.63) is 28.3 Å². The predicted molar refractivity (Wildman–Crippen MR) is 65.9 cm³/mol. The van der Waals surface area contributed by atoms with Crippen LogP contribution in [-0.2, 0) is 5.41 Å². The first-order valence-corrected chi connectivity index (χ1v) is 5.64. The normalized spacial score (nSPS) is 12.2. The van der Waals surface area contributed by atoms with Gasteiger partial charge in [0.15, 0.2) is 0 Å². The van der Waals surface area contributed by atoms with Gasteiger partial charge >= 0.3 is 0 Å². The van der Waals surface area contributed by atoms with Crippen molar-refractivity contribution < 1.29 is 5.11 Å². The van der Waals surface area contributed by atoms with Gasteiger partial charge < -0.3 is 5.11 Å². The third-order valence-corrected chi connectivity index (χ3v) is 2.86. The molecule has 15 heavy (non-hydrogen) atoms. The molecule has 0 aliphatic carbocycles. The van der Waals surface area contributed by atoms with Gasteiger partial charge in [0.2, 0.25) is 0 Å². The lowest BCUT2D eigenvalue weighted by Crippen LogP contribution is -2.12. The van der Waals surface area contributed by atoms with Crippen LogP contribution in [0.5, 0.6) is 5.75 Å². The number of hydrogen-bond donors (Lipinski definition) is 1. The lowest BCUT2D eigenvalue weighted by atomic mass is 9.85. The summed E-state index contributed by atoms with van der Waals surface area (Å²) in [5, 5.41) is 10.6. The standard InChI is InChI=1S/C13H19ClO/c1-8(2)9-6-11(14)10(7-12(9)15)13(3,4)5/h6-8,15H,1-5H3. The van der Waals surface area contributed by atoms with E-state index in [1.165, 1.54) is 0 Å². The fourth-order valence-corrected chi connectivity index (χ4v) is 2.07. The van der Waals surface area contributed by atoms with Crippen LogP contribution >= 0.6 is 11.6 Å². The molecule has 0 aliphatic heterocycles. The molecule has 2 heteroatoms. The van der Waals surface area contributed by atoms with E-state index < -0.39 is 0 Å². The maximum Gasteiger partial charge on any atom is 0.119 e. The first kappa shape index (κ1) is 12.4. The zero-order chi connectivity index (χ0) is 11.8. The lowest BCUT2D eigenvalue weighted by molar-refractivity contribution is 0.460. The maximum absolute atomic E-state index is 9.89. The molecule has 0 heterocycles. The van der Waals surface area contributed by atoms with Gasteiger partial charge in [-0.15, -0.1) is 0 Å². The zero-order valence-corrected chi connectivity index (χ0v) is 10.8. The summed E-state index contributed by atoms with van der Waals surface area (Å²) >= 11 is 6.22. The van der Waals surface area contributed by atoms with Crippen LogP contribution in [0.25, 0.3) is 0 Å². The van der Waals surface area contributed by atoms with Crippen molar-refractivity contribution in [3.63, 3.8) is 0 Å². The van der Waals surface area contributed by atoms with Gasteiger partial charge in [0, 0.05) is 5.02 Å². The van der Waals surface area contributed by atoms with E-state index in [0.717, 1.165) is 16.1 Å². The highest BCUT2D eigenvalue weighted by Crippen LogP contribution is 2.36. The molecule has 0 saturated heterocycles. The van der Waals surface area contributed by atoms with E-state index in [9.17, 15) is 5.11 Å². The lowest BCUT2D eigenvalue weighted by Gasteiger charge is -2.22. The Hall–Kier alpha value is -0.690. The molecule has 0 radical (unpaired) electrons. The smallest absolute Gasteiger partial charge is 0.119 e. The molecule has 1 N–H and O–H groups in total. The highest BCUT2D eigenvalue weighted by atomic mass is 35.5. The summed E-state index contributed by atoms with van der Waals surface area (Å²) in [6.45, 7) is 10.3. The average molecular weight is 227 g/mol. The molecule has 0 amide bonds. The molecular weight excluding hydrogens is 208 g/mol. The quantitative estimate of drug-likeness (QED) is 0.749. The van der Waals surface area contributed by atoms with Crippen LogP contribution in [0.1, 0.15) is 51.7 Å². The summed E-state index contributed by atoms with van der Waals surface area (Å²) in [5.74, 6) is 0.635. The first-order valence-electron chi connectivity index (χ1n) is 5.26. The van der Waals surface area contributed by atoms with Crippen molar-refractivity contribution in [3.8, 4) is 5.75 Å². The number of halogens is 1. The van der Waals surface area contributed by atoms with Crippen molar-refractivity contribution in [1.29, 1.82) is 0 Å². The third kappa shape index (κ3) is 2.66. The van der Waals surface area contributed by atoms with Gasteiger partial charge in [0.05, 0.1) is 0 Å². The monoisotopic (exact) mass is 226 g/mol. The highest BCUT2D eigenvalue weighted by molar-refractivity contribution is 6.31. The van der Waals surface area contributed by atoms with Crippen LogP contribution in [0.4, 0.5) is 0 Å². The Morgan fingerprint density at radius 2 is 1.73 bits per heavy atom. The second kappa shape index (κ2) is 4.05. The molecule has 0 aromatic heterocycles. The third-order valence-electron chi connectivity index (χ3n) is 2.55.